The molecule has 2 aromatic rings. The number of benzene rings is 2. The number of hydrogen-bond acceptors (Lipinski definition) is 2. The maximum Gasteiger partial charge on any atom is 0.219 e. The van der Waals surface area contributed by atoms with Gasteiger partial charge in [-0.1, -0.05) is 72.1 Å². The molecule has 0 bridgehead atoms. The van der Waals surface area contributed by atoms with Gasteiger partial charge in [0.05, 0.1) is 5.69 Å². The van der Waals surface area contributed by atoms with Gasteiger partial charge in [-0.25, -0.2) is 0 Å². The normalized spacial score (nSPS) is 28.5. The van der Waals surface area contributed by atoms with Crippen LogP contribution in [-0.2, 0) is 5.54 Å². The maximum absolute atomic E-state index is 6.79. The van der Waals surface area contributed by atoms with Crippen molar-refractivity contribution >= 4 is 40.7 Å². The Labute approximate surface area is 145 Å². The number of halogens is 2. The smallest absolute Gasteiger partial charge is 0.219 e. The van der Waals surface area contributed by atoms with Crippen LogP contribution in [0.3, 0.4) is 0 Å². The number of fused-ring (bicyclic) bond motifs is 3. The van der Waals surface area contributed by atoms with Crippen LogP contribution in [0, 0.1) is 6.92 Å². The van der Waals surface area contributed by atoms with E-state index >= 15 is 0 Å². The van der Waals surface area contributed by atoms with Gasteiger partial charge in [0.25, 0.3) is 0 Å². The van der Waals surface area contributed by atoms with Crippen LogP contribution in [0.2, 0.25) is 0 Å². The topological polar surface area (TPSA) is 3.01 Å². The van der Waals surface area contributed by atoms with E-state index in [0.717, 1.165) is 12.1 Å². The highest BCUT2D eigenvalue weighted by Gasteiger charge is 2.76. The number of anilines is 1. The molecule has 22 heavy (non-hydrogen) atoms. The van der Waals surface area contributed by atoms with Crippen LogP contribution in [0.4, 0.5) is 5.69 Å². The maximum atomic E-state index is 6.79. The van der Waals surface area contributed by atoms with Gasteiger partial charge in [-0.3, -0.25) is 0 Å². The molecule has 1 fully saturated rings. The van der Waals surface area contributed by atoms with Gasteiger partial charge >= 0.3 is 0 Å². The Hall–Kier alpha value is -0.830. The van der Waals surface area contributed by atoms with Crippen LogP contribution in [0.1, 0.15) is 24.5 Å². The monoisotopic (exact) mass is 349 g/mol. The van der Waals surface area contributed by atoms with Gasteiger partial charge < -0.3 is 4.90 Å². The van der Waals surface area contributed by atoms with E-state index in [-0.39, 0.29) is 5.54 Å². The van der Waals surface area contributed by atoms with E-state index in [1.807, 2.05) is 11.8 Å². The summed E-state index contributed by atoms with van der Waals surface area (Å²) >= 11 is 15.5. The number of nitrogens with zero attached hydrogens (tertiary/aromatic N) is 1. The Balaban J connectivity index is 1.90. The summed E-state index contributed by atoms with van der Waals surface area (Å²) in [6, 6.07) is 17.0. The summed E-state index contributed by atoms with van der Waals surface area (Å²) in [6.45, 7) is 4.35. The van der Waals surface area contributed by atoms with Crippen molar-refractivity contribution in [2.75, 3.05) is 4.90 Å². The Kier molecular flexibility index (Phi) is 3.24. The van der Waals surface area contributed by atoms with Crippen molar-refractivity contribution in [2.45, 2.75) is 40.4 Å². The van der Waals surface area contributed by atoms with Crippen LogP contribution in [0.25, 0.3) is 0 Å². The predicted molar refractivity (Wildman–Crippen MR) is 96.2 cm³/mol. The van der Waals surface area contributed by atoms with Crippen LogP contribution >= 0.6 is 35.0 Å². The lowest BCUT2D eigenvalue weighted by Crippen LogP contribution is -2.21. The van der Waals surface area contributed by atoms with Crippen LogP contribution < -0.4 is 4.90 Å². The fraction of sp³-hybridized carbons (Fsp3) is 0.333. The second-order valence-electron chi connectivity index (χ2n) is 6.20. The summed E-state index contributed by atoms with van der Waals surface area (Å²) < 4.78 is -0.881. The van der Waals surface area contributed by atoms with E-state index in [4.69, 9.17) is 23.2 Å². The fourth-order valence-electron chi connectivity index (χ4n) is 3.58. The molecule has 4 rings (SSSR count). The highest BCUT2D eigenvalue weighted by Crippen LogP contribution is 2.71. The lowest BCUT2D eigenvalue weighted by molar-refractivity contribution is 0.610. The molecule has 114 valence electrons. The van der Waals surface area contributed by atoms with Crippen molar-refractivity contribution in [3.05, 3.63) is 59.7 Å². The van der Waals surface area contributed by atoms with E-state index in [1.165, 1.54) is 16.0 Å². The van der Waals surface area contributed by atoms with E-state index in [0.29, 0.717) is 5.25 Å². The minimum absolute atomic E-state index is 0.331. The summed E-state index contributed by atoms with van der Waals surface area (Å²) in [6.07, 6.45) is 0.933. The van der Waals surface area contributed by atoms with Gasteiger partial charge in [-0.2, -0.15) is 0 Å². The fourth-order valence-corrected chi connectivity index (χ4v) is 5.71. The van der Waals surface area contributed by atoms with Crippen LogP contribution in [-0.4, -0.2) is 9.71 Å². The highest BCUT2D eigenvalue weighted by molar-refractivity contribution is 8.00. The van der Waals surface area contributed by atoms with Gasteiger partial charge in [-0.15, -0.1) is 11.8 Å². The number of rotatable bonds is 1. The van der Waals surface area contributed by atoms with Gasteiger partial charge in [0.15, 0.2) is 0 Å². The first-order valence-corrected chi connectivity index (χ1v) is 9.11. The molecule has 0 radical (unpaired) electrons. The van der Waals surface area contributed by atoms with Crippen molar-refractivity contribution < 1.29 is 0 Å². The Morgan fingerprint density at radius 1 is 1.09 bits per heavy atom. The van der Waals surface area contributed by atoms with Gasteiger partial charge in [-0.05, 0) is 31.0 Å². The van der Waals surface area contributed by atoms with E-state index in [1.54, 1.807) is 0 Å². The minimum Gasteiger partial charge on any atom is -0.322 e. The standard InChI is InChI=1S/C18H17Cl2NS/c1-12-7-9-14(10-8-12)17-11-13(2)22-16-6-4-3-5-15(16)21(17)18(17,19)20/h3-10,13H,11H2,1-2H3/t13-,17+,21?/m0/s1. The summed E-state index contributed by atoms with van der Waals surface area (Å²) in [4.78, 5) is 3.44. The molecule has 2 aromatic carbocycles. The number of aryl methyl sites for hydroxylation is 1. The third kappa shape index (κ3) is 1.87. The Bertz CT molecular complexity index is 728. The summed E-state index contributed by atoms with van der Waals surface area (Å²) in [5.74, 6) is 0. The first-order valence-electron chi connectivity index (χ1n) is 7.48. The predicted octanol–water partition coefficient (Wildman–Crippen LogP) is 5.73. The summed E-state index contributed by atoms with van der Waals surface area (Å²) in [5.41, 5.74) is 3.26. The molecule has 0 saturated carbocycles. The molecule has 2 aliphatic rings. The molecule has 0 spiro atoms. The number of thioether (sulfide) groups is 1. The van der Waals surface area contributed by atoms with E-state index in [9.17, 15) is 0 Å². The molecule has 0 N–H and O–H groups in total. The SMILES string of the molecule is Cc1ccc([C@@]23C[C@H](C)Sc4ccccc4N2C3(Cl)Cl)cc1. The van der Waals surface area contributed by atoms with Crippen LogP contribution in [0.5, 0.6) is 0 Å². The number of hydrogen-bond donors (Lipinski definition) is 0. The molecule has 1 nitrogen and oxygen atoms in total. The number of para-hydroxylation sites is 1. The first-order chi connectivity index (χ1) is 10.5. The second kappa shape index (κ2) is 4.83. The molecule has 2 aliphatic heterocycles. The van der Waals surface area contributed by atoms with Gasteiger partial charge in [0, 0.05) is 10.1 Å². The Morgan fingerprint density at radius 2 is 1.77 bits per heavy atom. The first kappa shape index (κ1) is 14.7. The summed E-state index contributed by atoms with van der Waals surface area (Å²) in [5, 5.41) is 0.451. The molecule has 2 heterocycles. The quantitative estimate of drug-likeness (QED) is 0.367. The Morgan fingerprint density at radius 3 is 2.50 bits per heavy atom. The van der Waals surface area contributed by atoms with Crippen molar-refractivity contribution in [3.63, 3.8) is 0 Å². The van der Waals surface area contributed by atoms with Crippen molar-refractivity contribution in [1.29, 1.82) is 0 Å². The van der Waals surface area contributed by atoms with E-state index < -0.39 is 4.46 Å². The lowest BCUT2D eigenvalue weighted by atomic mass is 9.92. The molecule has 2 atom stereocenters. The molecule has 0 unspecified atom stereocenters. The second-order valence-corrected chi connectivity index (χ2v) is 8.97. The molecule has 0 aromatic heterocycles. The van der Waals surface area contributed by atoms with Crippen molar-refractivity contribution in [1.82, 2.24) is 0 Å². The third-order valence-electron chi connectivity index (χ3n) is 4.66. The molecule has 1 saturated heterocycles. The van der Waals surface area contributed by atoms with Crippen molar-refractivity contribution in [3.8, 4) is 0 Å². The number of alkyl halides is 2. The zero-order chi connectivity index (χ0) is 15.5. The molecule has 0 aliphatic carbocycles. The molecule has 0 amide bonds. The molecular formula is C18H17Cl2NS. The highest BCUT2D eigenvalue weighted by atomic mass is 35.5. The molecular weight excluding hydrogens is 333 g/mol. The average Bonchev–Trinajstić information content (AvgIpc) is 3.01. The zero-order valence-electron chi connectivity index (χ0n) is 12.5. The zero-order valence-corrected chi connectivity index (χ0v) is 14.8. The van der Waals surface area contributed by atoms with Crippen molar-refractivity contribution in [2.24, 2.45) is 0 Å². The summed E-state index contributed by atoms with van der Waals surface area (Å²) in [7, 11) is 0. The third-order valence-corrected chi connectivity index (χ3v) is 6.79. The lowest BCUT2D eigenvalue weighted by Gasteiger charge is -2.19. The van der Waals surface area contributed by atoms with Crippen LogP contribution in [0.15, 0.2) is 53.4 Å². The van der Waals surface area contributed by atoms with Gasteiger partial charge in [0.1, 0.15) is 5.54 Å². The van der Waals surface area contributed by atoms with Gasteiger partial charge in [0.2, 0.25) is 4.46 Å². The minimum atomic E-state index is -0.881. The largest absolute Gasteiger partial charge is 0.322 e. The van der Waals surface area contributed by atoms with E-state index in [2.05, 4.69) is 67.3 Å². The average molecular weight is 350 g/mol. The molecule has 4 heteroatoms.